The molecule has 2 heterocycles. The lowest BCUT2D eigenvalue weighted by Gasteiger charge is -2.34. The number of nitrogens with one attached hydrogen (secondary N) is 1. The first-order valence-corrected chi connectivity index (χ1v) is 9.33. The summed E-state index contributed by atoms with van der Waals surface area (Å²) in [5, 5.41) is 3.41. The number of hydrogen-bond acceptors (Lipinski definition) is 6. The van der Waals surface area contributed by atoms with Gasteiger partial charge in [-0.25, -0.2) is 14.8 Å². The van der Waals surface area contributed by atoms with Crippen molar-refractivity contribution in [2.45, 2.75) is 27.7 Å². The second-order valence-corrected chi connectivity index (χ2v) is 6.77. The zero-order chi connectivity index (χ0) is 19.4. The summed E-state index contributed by atoms with van der Waals surface area (Å²) >= 11 is 0. The maximum Gasteiger partial charge on any atom is 0.409 e. The predicted molar refractivity (Wildman–Crippen MR) is 107 cm³/mol. The van der Waals surface area contributed by atoms with Gasteiger partial charge >= 0.3 is 6.09 Å². The monoisotopic (exact) mass is 369 g/mol. The van der Waals surface area contributed by atoms with E-state index in [1.54, 1.807) is 4.90 Å². The number of carbonyl (C=O) groups is 1. The van der Waals surface area contributed by atoms with E-state index in [2.05, 4.69) is 52.2 Å². The van der Waals surface area contributed by atoms with Crippen molar-refractivity contribution < 1.29 is 9.53 Å². The van der Waals surface area contributed by atoms with E-state index in [-0.39, 0.29) is 6.09 Å². The Balaban J connectivity index is 1.72. The van der Waals surface area contributed by atoms with E-state index in [9.17, 15) is 4.79 Å². The van der Waals surface area contributed by atoms with Gasteiger partial charge in [0.15, 0.2) is 0 Å². The van der Waals surface area contributed by atoms with Crippen LogP contribution in [0.5, 0.6) is 0 Å². The number of amides is 1. The van der Waals surface area contributed by atoms with Gasteiger partial charge in [0, 0.05) is 37.9 Å². The Morgan fingerprint density at radius 3 is 2.56 bits per heavy atom. The smallest absolute Gasteiger partial charge is 0.409 e. The largest absolute Gasteiger partial charge is 0.450 e. The molecule has 3 rings (SSSR count). The molecule has 7 heteroatoms. The molecule has 0 bridgehead atoms. The minimum absolute atomic E-state index is 0.242. The lowest BCUT2D eigenvalue weighted by Crippen LogP contribution is -2.49. The summed E-state index contributed by atoms with van der Waals surface area (Å²) in [5.41, 5.74) is 3.41. The normalized spacial score (nSPS) is 14.2. The maximum absolute atomic E-state index is 11.9. The SMILES string of the molecule is CCOC(=O)N1CCN(c2cc(Nc3cc(C)ccc3C)nc(C)n2)CC1. The highest BCUT2D eigenvalue weighted by Crippen LogP contribution is 2.24. The zero-order valence-corrected chi connectivity index (χ0v) is 16.5. The second-order valence-electron chi connectivity index (χ2n) is 6.77. The Morgan fingerprint density at radius 1 is 1.11 bits per heavy atom. The van der Waals surface area contributed by atoms with Crippen LogP contribution in [-0.4, -0.2) is 53.7 Å². The summed E-state index contributed by atoms with van der Waals surface area (Å²) < 4.78 is 5.08. The van der Waals surface area contributed by atoms with Crippen LogP contribution in [0.2, 0.25) is 0 Å². The first kappa shape index (κ1) is 18.9. The minimum atomic E-state index is -0.242. The molecule has 0 spiro atoms. The standard InChI is InChI=1S/C20H27N5O2/c1-5-27-20(26)25-10-8-24(9-11-25)19-13-18(21-16(4)22-19)23-17-12-14(2)6-7-15(17)3/h6-7,12-13H,5,8-11H2,1-4H3,(H,21,22,23). The van der Waals surface area contributed by atoms with Gasteiger partial charge in [-0.3, -0.25) is 0 Å². The zero-order valence-electron chi connectivity index (χ0n) is 16.5. The van der Waals surface area contributed by atoms with Gasteiger partial charge in [0.05, 0.1) is 6.61 Å². The summed E-state index contributed by atoms with van der Waals surface area (Å²) in [7, 11) is 0. The molecule has 1 amide bonds. The van der Waals surface area contributed by atoms with Crippen molar-refractivity contribution in [1.29, 1.82) is 0 Å². The van der Waals surface area contributed by atoms with Crippen molar-refractivity contribution in [1.82, 2.24) is 14.9 Å². The summed E-state index contributed by atoms with van der Waals surface area (Å²) in [6, 6.07) is 8.28. The molecule has 1 aromatic heterocycles. The molecule has 1 aromatic carbocycles. The number of hydrogen-bond donors (Lipinski definition) is 1. The number of carbonyl (C=O) groups excluding carboxylic acids is 1. The van der Waals surface area contributed by atoms with E-state index < -0.39 is 0 Å². The molecule has 0 saturated carbocycles. The van der Waals surface area contributed by atoms with E-state index in [0.717, 1.165) is 30.4 Å². The average molecular weight is 369 g/mol. The molecular formula is C20H27N5O2. The first-order chi connectivity index (χ1) is 13.0. The van der Waals surface area contributed by atoms with Crippen molar-refractivity contribution in [3.8, 4) is 0 Å². The fourth-order valence-electron chi connectivity index (χ4n) is 3.12. The van der Waals surface area contributed by atoms with E-state index in [1.165, 1.54) is 11.1 Å². The topological polar surface area (TPSA) is 70.6 Å². The quantitative estimate of drug-likeness (QED) is 0.890. The van der Waals surface area contributed by atoms with Gasteiger partial charge in [-0.15, -0.1) is 0 Å². The summed E-state index contributed by atoms with van der Waals surface area (Å²) in [6.07, 6.45) is -0.242. The molecule has 1 fully saturated rings. The van der Waals surface area contributed by atoms with Gasteiger partial charge in [-0.05, 0) is 44.9 Å². The Hall–Kier alpha value is -2.83. The lowest BCUT2D eigenvalue weighted by molar-refractivity contribution is 0.105. The number of nitrogens with zero attached hydrogens (tertiary/aromatic N) is 4. The third-order valence-electron chi connectivity index (χ3n) is 4.61. The van der Waals surface area contributed by atoms with Gasteiger partial charge in [-0.1, -0.05) is 12.1 Å². The predicted octanol–water partition coefficient (Wildman–Crippen LogP) is 3.42. The summed E-state index contributed by atoms with van der Waals surface area (Å²) in [5.74, 6) is 2.37. The van der Waals surface area contributed by atoms with Gasteiger partial charge in [0.25, 0.3) is 0 Å². The van der Waals surface area contributed by atoms with E-state index in [0.29, 0.717) is 25.5 Å². The number of aromatic nitrogens is 2. The van der Waals surface area contributed by atoms with Gasteiger partial charge in [0.1, 0.15) is 17.5 Å². The Bertz CT molecular complexity index is 816. The van der Waals surface area contributed by atoms with Crippen molar-refractivity contribution >= 4 is 23.4 Å². The van der Waals surface area contributed by atoms with E-state index in [1.807, 2.05) is 19.9 Å². The number of benzene rings is 1. The highest BCUT2D eigenvalue weighted by Gasteiger charge is 2.23. The molecule has 7 nitrogen and oxygen atoms in total. The summed E-state index contributed by atoms with van der Waals surface area (Å²) in [4.78, 5) is 24.9. The van der Waals surface area contributed by atoms with Crippen LogP contribution < -0.4 is 10.2 Å². The molecule has 0 atom stereocenters. The molecule has 1 saturated heterocycles. The van der Waals surface area contributed by atoms with Crippen LogP contribution in [-0.2, 0) is 4.74 Å². The molecule has 0 aliphatic carbocycles. The average Bonchev–Trinajstić information content (AvgIpc) is 2.64. The number of anilines is 3. The molecule has 0 radical (unpaired) electrons. The number of ether oxygens (including phenoxy) is 1. The Morgan fingerprint density at radius 2 is 1.85 bits per heavy atom. The molecule has 1 aliphatic rings. The van der Waals surface area contributed by atoms with E-state index in [4.69, 9.17) is 4.74 Å². The molecule has 1 aliphatic heterocycles. The number of piperazine rings is 1. The molecule has 2 aromatic rings. The third kappa shape index (κ3) is 4.67. The Kier molecular flexibility index (Phi) is 5.78. The molecular weight excluding hydrogens is 342 g/mol. The van der Waals surface area contributed by atoms with Crippen LogP contribution in [0.4, 0.5) is 22.1 Å². The van der Waals surface area contributed by atoms with Gasteiger partial charge in [0.2, 0.25) is 0 Å². The van der Waals surface area contributed by atoms with Crippen LogP contribution in [0.25, 0.3) is 0 Å². The number of aryl methyl sites for hydroxylation is 3. The van der Waals surface area contributed by atoms with Crippen molar-refractivity contribution in [2.24, 2.45) is 0 Å². The lowest BCUT2D eigenvalue weighted by atomic mass is 10.1. The van der Waals surface area contributed by atoms with Crippen LogP contribution in [0.15, 0.2) is 24.3 Å². The van der Waals surface area contributed by atoms with Crippen molar-refractivity contribution in [2.75, 3.05) is 43.0 Å². The minimum Gasteiger partial charge on any atom is -0.450 e. The third-order valence-corrected chi connectivity index (χ3v) is 4.61. The van der Waals surface area contributed by atoms with Gasteiger partial charge < -0.3 is 19.9 Å². The Labute approximate surface area is 160 Å². The van der Waals surface area contributed by atoms with Crippen molar-refractivity contribution in [3.63, 3.8) is 0 Å². The van der Waals surface area contributed by atoms with Crippen LogP contribution in [0.3, 0.4) is 0 Å². The van der Waals surface area contributed by atoms with Gasteiger partial charge in [-0.2, -0.15) is 0 Å². The van der Waals surface area contributed by atoms with Crippen LogP contribution >= 0.6 is 0 Å². The maximum atomic E-state index is 11.9. The molecule has 144 valence electrons. The fraction of sp³-hybridized carbons (Fsp3) is 0.450. The van der Waals surface area contributed by atoms with Crippen LogP contribution in [0.1, 0.15) is 23.9 Å². The fourth-order valence-corrected chi connectivity index (χ4v) is 3.12. The van der Waals surface area contributed by atoms with Crippen molar-refractivity contribution in [3.05, 3.63) is 41.2 Å². The first-order valence-electron chi connectivity index (χ1n) is 9.33. The molecule has 27 heavy (non-hydrogen) atoms. The van der Waals surface area contributed by atoms with E-state index >= 15 is 0 Å². The highest BCUT2D eigenvalue weighted by atomic mass is 16.6. The second kappa shape index (κ2) is 8.24. The van der Waals surface area contributed by atoms with Crippen LogP contribution in [0, 0.1) is 20.8 Å². The summed E-state index contributed by atoms with van der Waals surface area (Å²) in [6.45, 7) is 11.0. The molecule has 1 N–H and O–H groups in total. The molecule has 0 unspecified atom stereocenters. The highest BCUT2D eigenvalue weighted by molar-refractivity contribution is 5.68. The number of rotatable bonds is 4.